The smallest absolute Gasteiger partial charge is 0.374 e. The lowest BCUT2D eigenvalue weighted by Gasteiger charge is -2.29. The predicted octanol–water partition coefficient (Wildman–Crippen LogP) is 4.59. The average molecular weight is 486 g/mol. The standard InChI is InChI=1S/C18H15O8PS3/c19-27(20)28(18-14-8-3-9-15-18,29(21,22)25-16-10-4-1-5-11-16)30(23,24)26-17-12-6-2-7-13-17/h1-15H. The van der Waals surface area contributed by atoms with E-state index in [0.29, 0.717) is 0 Å². The van der Waals surface area contributed by atoms with E-state index in [4.69, 9.17) is 8.37 Å². The third-order valence-corrected chi connectivity index (χ3v) is 22.0. The van der Waals surface area contributed by atoms with Crippen LogP contribution in [0.15, 0.2) is 95.9 Å². The van der Waals surface area contributed by atoms with E-state index in [2.05, 4.69) is 0 Å². The van der Waals surface area contributed by atoms with Gasteiger partial charge in [0.2, 0.25) is 0 Å². The highest BCUT2D eigenvalue weighted by Gasteiger charge is 2.61. The molecule has 0 unspecified atom stereocenters. The zero-order valence-electron chi connectivity index (χ0n) is 15.1. The molecule has 3 aromatic rings. The highest BCUT2D eigenvalue weighted by atomic mass is 33.8. The van der Waals surface area contributed by atoms with Crippen molar-refractivity contribution < 1.29 is 34.3 Å². The van der Waals surface area contributed by atoms with Crippen LogP contribution in [0.2, 0.25) is 0 Å². The molecule has 12 heteroatoms. The average Bonchev–Trinajstić information content (AvgIpc) is 2.69. The number of para-hydroxylation sites is 2. The quantitative estimate of drug-likeness (QED) is 0.335. The predicted molar refractivity (Wildman–Crippen MR) is 113 cm³/mol. The molecule has 0 fully saturated rings. The van der Waals surface area contributed by atoms with E-state index >= 15 is 0 Å². The van der Waals surface area contributed by atoms with Gasteiger partial charge in [-0.25, -0.2) is 9.13 Å². The van der Waals surface area contributed by atoms with Crippen molar-refractivity contribution in [3.63, 3.8) is 0 Å². The molecule has 0 amide bonds. The molecule has 8 nitrogen and oxygen atoms in total. The van der Waals surface area contributed by atoms with Crippen LogP contribution >= 0.6 is 14.6 Å². The molecule has 30 heavy (non-hydrogen) atoms. The van der Waals surface area contributed by atoms with Crippen LogP contribution in [-0.2, 0) is 27.4 Å². The Balaban J connectivity index is 2.28. The van der Waals surface area contributed by atoms with Crippen molar-refractivity contribution >= 4 is 32.9 Å². The molecule has 0 aliphatic heterocycles. The maximum atomic E-state index is 13.3. The van der Waals surface area contributed by atoms with Crippen molar-refractivity contribution in [2.24, 2.45) is 0 Å². The third-order valence-electron chi connectivity index (χ3n) is 3.67. The van der Waals surface area contributed by atoms with E-state index in [1.165, 1.54) is 66.7 Å². The molecule has 3 aromatic carbocycles. The number of hydrogen-bond donors (Lipinski definition) is 0. The van der Waals surface area contributed by atoms with Crippen molar-refractivity contribution in [3.8, 4) is 11.5 Å². The van der Waals surface area contributed by atoms with Gasteiger partial charge in [0.25, 0.3) is 0 Å². The van der Waals surface area contributed by atoms with Gasteiger partial charge in [-0.3, -0.25) is 0 Å². The first-order chi connectivity index (χ1) is 14.2. The van der Waals surface area contributed by atoms with Gasteiger partial charge in [0.15, 0.2) is 7.71 Å². The summed E-state index contributed by atoms with van der Waals surface area (Å²) in [7, 11) is -15.4. The molecular weight excluding hydrogens is 471 g/mol. The largest absolute Gasteiger partial charge is 0.397 e. The van der Waals surface area contributed by atoms with Gasteiger partial charge in [-0.1, -0.05) is 54.6 Å². The second-order valence-corrected chi connectivity index (χ2v) is 19.6. The zero-order valence-corrected chi connectivity index (χ0v) is 18.4. The summed E-state index contributed by atoms with van der Waals surface area (Å²) in [6, 6.07) is 20.4. The SMILES string of the molecule is O=P(=O)S(c1ccccc1)(S(=O)(=O)Oc1ccccc1)S(=O)(=O)Oc1ccccc1. The number of benzene rings is 3. The summed E-state index contributed by atoms with van der Waals surface area (Å²) >= 11 is 0. The molecule has 0 N–H and O–H groups in total. The van der Waals surface area contributed by atoms with Crippen LogP contribution in [0.1, 0.15) is 0 Å². The molecule has 0 aromatic heterocycles. The molecule has 3 rings (SSSR count). The summed E-state index contributed by atoms with van der Waals surface area (Å²) in [5.41, 5.74) is 0. The fourth-order valence-electron chi connectivity index (χ4n) is 2.45. The van der Waals surface area contributed by atoms with Crippen LogP contribution in [0.5, 0.6) is 11.5 Å². The van der Waals surface area contributed by atoms with Crippen LogP contribution in [0.4, 0.5) is 0 Å². The highest BCUT2D eigenvalue weighted by Crippen LogP contribution is 2.77. The second-order valence-electron chi connectivity index (χ2n) is 5.62. The molecule has 0 spiro atoms. The minimum absolute atomic E-state index is 0.239. The first-order valence-corrected chi connectivity index (χ1v) is 15.5. The highest BCUT2D eigenvalue weighted by molar-refractivity contribution is 9.34. The van der Waals surface area contributed by atoms with Crippen molar-refractivity contribution in [1.29, 1.82) is 0 Å². The van der Waals surface area contributed by atoms with E-state index < -0.39 is 37.8 Å². The summed E-state index contributed by atoms with van der Waals surface area (Å²) in [6.45, 7) is -4.14. The van der Waals surface area contributed by atoms with Crippen LogP contribution in [0.25, 0.3) is 0 Å². The van der Waals surface area contributed by atoms with Crippen molar-refractivity contribution in [2.75, 3.05) is 0 Å². The normalized spacial score (nSPS) is 12.7. The maximum Gasteiger partial charge on any atom is 0.397 e. The molecule has 0 bridgehead atoms. The van der Waals surface area contributed by atoms with Gasteiger partial charge in [0, 0.05) is 4.90 Å². The molecule has 0 aliphatic carbocycles. The van der Waals surface area contributed by atoms with E-state index in [1.54, 1.807) is 12.1 Å². The van der Waals surface area contributed by atoms with Gasteiger partial charge >= 0.3 is 25.2 Å². The lowest BCUT2D eigenvalue weighted by molar-refractivity contribution is 0.499. The Morgan fingerprint density at radius 3 is 1.20 bits per heavy atom. The molecule has 0 heterocycles. The maximum absolute atomic E-state index is 13.3. The Morgan fingerprint density at radius 2 is 0.867 bits per heavy atom. The Hall–Kier alpha value is -2.59. The summed E-state index contributed by atoms with van der Waals surface area (Å²) in [6.07, 6.45) is 0. The molecule has 0 aliphatic rings. The summed E-state index contributed by atoms with van der Waals surface area (Å²) in [5, 5.41) is 0. The van der Waals surface area contributed by atoms with E-state index in [9.17, 15) is 26.0 Å². The molecule has 0 atom stereocenters. The molecular formula is C18H15O8PS3. The molecule has 0 radical (unpaired) electrons. The van der Waals surface area contributed by atoms with Crippen molar-refractivity contribution in [1.82, 2.24) is 0 Å². The first-order valence-electron chi connectivity index (χ1n) is 8.23. The van der Waals surface area contributed by atoms with Crippen molar-refractivity contribution in [3.05, 3.63) is 91.0 Å². The van der Waals surface area contributed by atoms with Crippen molar-refractivity contribution in [2.45, 2.75) is 4.90 Å². The van der Waals surface area contributed by atoms with Gasteiger partial charge in [0.05, 0.1) is 0 Å². The van der Waals surface area contributed by atoms with E-state index in [-0.39, 0.29) is 11.5 Å². The van der Waals surface area contributed by atoms with Crippen LogP contribution in [-0.4, -0.2) is 16.8 Å². The monoisotopic (exact) mass is 486 g/mol. The fraction of sp³-hybridized carbons (Fsp3) is 0. The zero-order chi connectivity index (χ0) is 21.8. The lowest BCUT2D eigenvalue weighted by atomic mass is 10.3. The van der Waals surface area contributed by atoms with Gasteiger partial charge in [-0.05, 0) is 36.4 Å². The third kappa shape index (κ3) is 4.01. The number of hydrogen-bond acceptors (Lipinski definition) is 8. The molecule has 0 saturated carbocycles. The van der Waals surface area contributed by atoms with Crippen LogP contribution < -0.4 is 8.37 Å². The van der Waals surface area contributed by atoms with Gasteiger partial charge in [0.1, 0.15) is 11.5 Å². The minimum atomic E-state index is -5.29. The summed E-state index contributed by atoms with van der Waals surface area (Å²) < 4.78 is 87.9. The topological polar surface area (TPSA) is 121 Å². The van der Waals surface area contributed by atoms with Crippen LogP contribution in [0, 0.1) is 0 Å². The molecule has 0 saturated heterocycles. The Labute approximate surface area is 174 Å². The van der Waals surface area contributed by atoms with Gasteiger partial charge in [-0.15, -0.1) is 0 Å². The molecule has 158 valence electrons. The van der Waals surface area contributed by atoms with Gasteiger partial charge in [-0.2, -0.15) is 16.8 Å². The minimum Gasteiger partial charge on any atom is -0.374 e. The lowest BCUT2D eigenvalue weighted by Crippen LogP contribution is -2.26. The fourth-order valence-corrected chi connectivity index (χ4v) is 16.0. The van der Waals surface area contributed by atoms with E-state index in [0.717, 1.165) is 12.1 Å². The van der Waals surface area contributed by atoms with Gasteiger partial charge < -0.3 is 8.37 Å². The summed E-state index contributed by atoms with van der Waals surface area (Å²) in [5.74, 6) is -0.478. The van der Waals surface area contributed by atoms with Crippen LogP contribution in [0.3, 0.4) is 0 Å². The Kier molecular flexibility index (Phi) is 6.37. The number of rotatable bonds is 8. The first kappa shape index (κ1) is 22.1. The second kappa shape index (κ2) is 8.65. The Morgan fingerprint density at radius 1 is 0.533 bits per heavy atom. The Bertz CT molecular complexity index is 1210. The summed E-state index contributed by atoms with van der Waals surface area (Å²) in [4.78, 5) is -0.479. The van der Waals surface area contributed by atoms with E-state index in [1.807, 2.05) is 0 Å².